The molecule has 0 aliphatic carbocycles. The van der Waals surface area contributed by atoms with E-state index >= 15 is 0 Å². The minimum Gasteiger partial charge on any atom is -0.374 e. The Kier molecular flexibility index (Phi) is 4.71. The first-order valence-corrected chi connectivity index (χ1v) is 5.34. The first-order valence-electron chi connectivity index (χ1n) is 5.34. The lowest BCUT2D eigenvalue weighted by Gasteiger charge is -2.13. The molecule has 0 bridgehead atoms. The Morgan fingerprint density at radius 1 is 1.47 bits per heavy atom. The van der Waals surface area contributed by atoms with Gasteiger partial charge in [0.05, 0.1) is 5.92 Å². The van der Waals surface area contributed by atoms with Gasteiger partial charge in [0.15, 0.2) is 5.82 Å². The molecular weight excluding hydrogens is 194 g/mol. The molecule has 0 aliphatic rings. The summed E-state index contributed by atoms with van der Waals surface area (Å²) in [4.78, 5) is 4.26. The second-order valence-electron chi connectivity index (χ2n) is 3.56. The molecule has 0 spiro atoms. The standard InChI is InChI=1S/C10H19N3O2/c1-4-8(7(3)11)10-12-9(13-15-10)6-14-5-2/h7-8H,4-6,11H2,1-3H3. The molecule has 5 heteroatoms. The van der Waals surface area contributed by atoms with Crippen molar-refractivity contribution in [2.24, 2.45) is 5.73 Å². The van der Waals surface area contributed by atoms with Crippen LogP contribution in [0.3, 0.4) is 0 Å². The average molecular weight is 213 g/mol. The van der Waals surface area contributed by atoms with Crippen LogP contribution in [0.2, 0.25) is 0 Å². The maximum atomic E-state index is 5.83. The minimum absolute atomic E-state index is 0.0235. The monoisotopic (exact) mass is 213 g/mol. The van der Waals surface area contributed by atoms with Crippen LogP contribution in [0, 0.1) is 0 Å². The first kappa shape index (κ1) is 12.1. The number of ether oxygens (including phenoxy) is 1. The topological polar surface area (TPSA) is 74.2 Å². The van der Waals surface area contributed by atoms with Crippen molar-refractivity contribution < 1.29 is 9.26 Å². The fraction of sp³-hybridized carbons (Fsp3) is 0.800. The number of rotatable bonds is 6. The Labute approximate surface area is 90.0 Å². The molecule has 0 saturated heterocycles. The Hall–Kier alpha value is -0.940. The highest BCUT2D eigenvalue weighted by Crippen LogP contribution is 2.20. The first-order chi connectivity index (χ1) is 7.19. The molecule has 1 rings (SSSR count). The van der Waals surface area contributed by atoms with Gasteiger partial charge in [0.1, 0.15) is 6.61 Å². The van der Waals surface area contributed by atoms with Crippen LogP contribution in [0.15, 0.2) is 4.52 Å². The summed E-state index contributed by atoms with van der Waals surface area (Å²) < 4.78 is 10.3. The normalized spacial score (nSPS) is 15.2. The zero-order chi connectivity index (χ0) is 11.3. The molecule has 0 aliphatic heterocycles. The van der Waals surface area contributed by atoms with Gasteiger partial charge in [-0.1, -0.05) is 12.1 Å². The van der Waals surface area contributed by atoms with Gasteiger partial charge < -0.3 is 15.0 Å². The molecule has 15 heavy (non-hydrogen) atoms. The lowest BCUT2D eigenvalue weighted by molar-refractivity contribution is 0.126. The van der Waals surface area contributed by atoms with Crippen molar-refractivity contribution in [1.82, 2.24) is 10.1 Å². The molecule has 1 heterocycles. The summed E-state index contributed by atoms with van der Waals surface area (Å²) in [5.74, 6) is 1.33. The van der Waals surface area contributed by atoms with Gasteiger partial charge in [-0.15, -0.1) is 0 Å². The van der Waals surface area contributed by atoms with Crippen molar-refractivity contribution in [1.29, 1.82) is 0 Å². The summed E-state index contributed by atoms with van der Waals surface area (Å²) in [6, 6.07) is 0.0235. The number of nitrogens with two attached hydrogens (primary N) is 1. The number of nitrogens with zero attached hydrogens (tertiary/aromatic N) is 2. The molecule has 2 unspecified atom stereocenters. The average Bonchev–Trinajstić information content (AvgIpc) is 2.64. The summed E-state index contributed by atoms with van der Waals surface area (Å²) in [6.07, 6.45) is 0.897. The van der Waals surface area contributed by atoms with Gasteiger partial charge >= 0.3 is 0 Å². The van der Waals surface area contributed by atoms with Crippen LogP contribution in [0.25, 0.3) is 0 Å². The fourth-order valence-electron chi connectivity index (χ4n) is 1.44. The van der Waals surface area contributed by atoms with Crippen molar-refractivity contribution in [2.75, 3.05) is 6.61 Å². The van der Waals surface area contributed by atoms with Crippen LogP contribution in [0.5, 0.6) is 0 Å². The maximum absolute atomic E-state index is 5.83. The molecule has 86 valence electrons. The van der Waals surface area contributed by atoms with E-state index in [1.807, 2.05) is 13.8 Å². The SMILES string of the molecule is CCOCc1noc(C(CC)C(C)N)n1. The summed E-state index contributed by atoms with van der Waals surface area (Å²) in [7, 11) is 0. The molecule has 5 nitrogen and oxygen atoms in total. The Balaban J connectivity index is 2.65. The minimum atomic E-state index is 0.0235. The molecule has 2 N–H and O–H groups in total. The number of aromatic nitrogens is 2. The van der Waals surface area contributed by atoms with Gasteiger partial charge in [-0.3, -0.25) is 0 Å². The van der Waals surface area contributed by atoms with Crippen LogP contribution >= 0.6 is 0 Å². The molecule has 2 atom stereocenters. The summed E-state index contributed by atoms with van der Waals surface area (Å²) in [6.45, 7) is 6.97. The highest BCUT2D eigenvalue weighted by atomic mass is 16.5. The van der Waals surface area contributed by atoms with Crippen molar-refractivity contribution in [3.05, 3.63) is 11.7 Å². The fourth-order valence-corrected chi connectivity index (χ4v) is 1.44. The van der Waals surface area contributed by atoms with Crippen molar-refractivity contribution >= 4 is 0 Å². The van der Waals surface area contributed by atoms with Crippen molar-refractivity contribution in [3.8, 4) is 0 Å². The Bertz CT molecular complexity index is 286. The second kappa shape index (κ2) is 5.82. The second-order valence-corrected chi connectivity index (χ2v) is 3.56. The van der Waals surface area contributed by atoms with E-state index in [2.05, 4.69) is 17.1 Å². The molecule has 0 radical (unpaired) electrons. The van der Waals surface area contributed by atoms with Gasteiger partial charge in [0.25, 0.3) is 0 Å². The summed E-state index contributed by atoms with van der Waals surface area (Å²) in [5.41, 5.74) is 5.83. The number of hydrogen-bond acceptors (Lipinski definition) is 5. The third-order valence-corrected chi connectivity index (χ3v) is 2.31. The largest absolute Gasteiger partial charge is 0.374 e. The molecule has 0 fully saturated rings. The lowest BCUT2D eigenvalue weighted by Crippen LogP contribution is -2.24. The summed E-state index contributed by atoms with van der Waals surface area (Å²) in [5, 5.41) is 3.84. The van der Waals surface area contributed by atoms with Gasteiger partial charge in [-0.2, -0.15) is 4.98 Å². The molecule has 1 aromatic rings. The van der Waals surface area contributed by atoms with Crippen LogP contribution in [0.1, 0.15) is 44.8 Å². The van der Waals surface area contributed by atoms with E-state index in [0.717, 1.165) is 6.42 Å². The predicted molar refractivity (Wildman–Crippen MR) is 56.3 cm³/mol. The van der Waals surface area contributed by atoms with Gasteiger partial charge in [0, 0.05) is 12.6 Å². The van der Waals surface area contributed by atoms with Gasteiger partial charge in [-0.05, 0) is 20.3 Å². The molecule has 0 amide bonds. The summed E-state index contributed by atoms with van der Waals surface area (Å²) >= 11 is 0. The molecule has 0 aromatic carbocycles. The Morgan fingerprint density at radius 3 is 2.73 bits per heavy atom. The van der Waals surface area contributed by atoms with Crippen LogP contribution in [-0.4, -0.2) is 22.8 Å². The van der Waals surface area contributed by atoms with E-state index in [-0.39, 0.29) is 12.0 Å². The zero-order valence-corrected chi connectivity index (χ0v) is 9.56. The smallest absolute Gasteiger partial charge is 0.231 e. The lowest BCUT2D eigenvalue weighted by atomic mass is 9.99. The zero-order valence-electron chi connectivity index (χ0n) is 9.56. The van der Waals surface area contributed by atoms with E-state index in [0.29, 0.717) is 24.9 Å². The number of hydrogen-bond donors (Lipinski definition) is 1. The van der Waals surface area contributed by atoms with Gasteiger partial charge in [-0.25, -0.2) is 0 Å². The molecule has 0 saturated carbocycles. The molecular formula is C10H19N3O2. The van der Waals surface area contributed by atoms with E-state index in [9.17, 15) is 0 Å². The highest BCUT2D eigenvalue weighted by Gasteiger charge is 2.20. The van der Waals surface area contributed by atoms with Gasteiger partial charge in [0.2, 0.25) is 5.89 Å². The maximum Gasteiger partial charge on any atom is 0.231 e. The quantitative estimate of drug-likeness (QED) is 0.774. The van der Waals surface area contributed by atoms with Crippen LogP contribution < -0.4 is 5.73 Å². The van der Waals surface area contributed by atoms with Crippen molar-refractivity contribution in [2.45, 2.75) is 45.8 Å². The van der Waals surface area contributed by atoms with E-state index < -0.39 is 0 Å². The third-order valence-electron chi connectivity index (χ3n) is 2.31. The predicted octanol–water partition coefficient (Wildman–Crippen LogP) is 1.45. The molecule has 1 aromatic heterocycles. The van der Waals surface area contributed by atoms with E-state index in [1.54, 1.807) is 0 Å². The van der Waals surface area contributed by atoms with Crippen molar-refractivity contribution in [3.63, 3.8) is 0 Å². The van der Waals surface area contributed by atoms with Crippen LogP contribution in [-0.2, 0) is 11.3 Å². The third kappa shape index (κ3) is 3.28. The highest BCUT2D eigenvalue weighted by molar-refractivity contribution is 4.96. The van der Waals surface area contributed by atoms with E-state index in [1.165, 1.54) is 0 Å². The van der Waals surface area contributed by atoms with E-state index in [4.69, 9.17) is 15.0 Å². The Morgan fingerprint density at radius 2 is 2.20 bits per heavy atom. The van der Waals surface area contributed by atoms with Crippen LogP contribution in [0.4, 0.5) is 0 Å².